The van der Waals surface area contributed by atoms with Gasteiger partial charge in [-0.1, -0.05) is 6.92 Å². The molecule has 0 radical (unpaired) electrons. The van der Waals surface area contributed by atoms with Crippen molar-refractivity contribution < 1.29 is 0 Å². The van der Waals surface area contributed by atoms with Crippen molar-refractivity contribution >= 4 is 11.6 Å². The fraction of sp³-hybridized carbons (Fsp3) is 0.714. The highest BCUT2D eigenvalue weighted by Gasteiger charge is 2.07. The van der Waals surface area contributed by atoms with Crippen molar-refractivity contribution in [3.63, 3.8) is 0 Å². The first kappa shape index (κ1) is 15.7. The second-order valence-electron chi connectivity index (χ2n) is 4.93. The van der Waals surface area contributed by atoms with Crippen LogP contribution >= 0.6 is 0 Å². The van der Waals surface area contributed by atoms with Crippen LogP contribution in [0.5, 0.6) is 0 Å². The Balaban J connectivity index is 2.58. The van der Waals surface area contributed by atoms with Crippen molar-refractivity contribution in [2.24, 2.45) is 0 Å². The lowest BCUT2D eigenvalue weighted by atomic mass is 10.3. The third-order valence-electron chi connectivity index (χ3n) is 2.92. The lowest BCUT2D eigenvalue weighted by Crippen LogP contribution is -2.28. The van der Waals surface area contributed by atoms with Crippen molar-refractivity contribution in [3.8, 4) is 0 Å². The molecule has 1 aromatic rings. The summed E-state index contributed by atoms with van der Waals surface area (Å²) in [6, 6.07) is 0. The van der Waals surface area contributed by atoms with Gasteiger partial charge in [0.25, 0.3) is 0 Å². The number of nitrogens with zero attached hydrogens (tertiary/aromatic N) is 4. The first-order valence-corrected chi connectivity index (χ1v) is 7.13. The predicted octanol–water partition coefficient (Wildman–Crippen LogP) is 2.08. The van der Waals surface area contributed by atoms with Gasteiger partial charge in [0.2, 0.25) is 0 Å². The molecule has 5 nitrogen and oxygen atoms in total. The molecule has 0 atom stereocenters. The molecule has 0 aliphatic carbocycles. The molecule has 0 spiro atoms. The summed E-state index contributed by atoms with van der Waals surface area (Å²) in [5.41, 5.74) is 0. The van der Waals surface area contributed by atoms with Gasteiger partial charge in [-0.25, -0.2) is 4.98 Å². The molecule has 0 saturated carbocycles. The molecule has 0 unspecified atom stereocenters. The van der Waals surface area contributed by atoms with Gasteiger partial charge in [0.05, 0.1) is 12.4 Å². The highest BCUT2D eigenvalue weighted by atomic mass is 15.2. The Morgan fingerprint density at radius 1 is 1.16 bits per heavy atom. The number of anilines is 2. The number of aromatic nitrogens is 2. The summed E-state index contributed by atoms with van der Waals surface area (Å²) in [6.45, 7) is 8.30. The van der Waals surface area contributed by atoms with Gasteiger partial charge >= 0.3 is 0 Å². The second-order valence-corrected chi connectivity index (χ2v) is 4.93. The van der Waals surface area contributed by atoms with E-state index in [1.807, 2.05) is 6.20 Å². The standard InChI is InChI=1S/C14H27N5/c1-5-8-16-13-11-15-12-14(17-13)19(6-2)10-7-9-18(3)4/h11-12H,5-10H2,1-4H3,(H,16,17). The molecule has 0 aliphatic heterocycles. The van der Waals surface area contributed by atoms with Crippen LogP contribution in [-0.2, 0) is 0 Å². The molecule has 0 bridgehead atoms. The Bertz CT molecular complexity index is 353. The number of rotatable bonds is 9. The van der Waals surface area contributed by atoms with Gasteiger partial charge in [0.15, 0.2) is 0 Å². The van der Waals surface area contributed by atoms with E-state index >= 15 is 0 Å². The van der Waals surface area contributed by atoms with Gasteiger partial charge < -0.3 is 15.1 Å². The summed E-state index contributed by atoms with van der Waals surface area (Å²) >= 11 is 0. The van der Waals surface area contributed by atoms with Crippen LogP contribution in [0.4, 0.5) is 11.6 Å². The maximum atomic E-state index is 4.62. The quantitative estimate of drug-likeness (QED) is 0.740. The van der Waals surface area contributed by atoms with Crippen LogP contribution in [0.3, 0.4) is 0 Å². The first-order valence-electron chi connectivity index (χ1n) is 7.13. The van der Waals surface area contributed by atoms with Crippen molar-refractivity contribution in [1.29, 1.82) is 0 Å². The van der Waals surface area contributed by atoms with E-state index in [-0.39, 0.29) is 0 Å². The Hall–Kier alpha value is -1.36. The molecule has 1 aromatic heterocycles. The van der Waals surface area contributed by atoms with Crippen LogP contribution < -0.4 is 10.2 Å². The molecular weight excluding hydrogens is 238 g/mol. The fourth-order valence-electron chi connectivity index (χ4n) is 1.86. The van der Waals surface area contributed by atoms with Gasteiger partial charge in [0, 0.05) is 19.6 Å². The van der Waals surface area contributed by atoms with Crippen molar-refractivity contribution in [2.45, 2.75) is 26.7 Å². The maximum Gasteiger partial charge on any atom is 0.149 e. The summed E-state index contributed by atoms with van der Waals surface area (Å²) in [5, 5.41) is 3.28. The van der Waals surface area contributed by atoms with E-state index in [0.29, 0.717) is 0 Å². The Morgan fingerprint density at radius 3 is 2.58 bits per heavy atom. The SMILES string of the molecule is CCCNc1cncc(N(CC)CCCN(C)C)n1. The molecule has 1 N–H and O–H groups in total. The van der Waals surface area contributed by atoms with Gasteiger partial charge in [0.1, 0.15) is 11.6 Å². The lowest BCUT2D eigenvalue weighted by Gasteiger charge is -2.23. The summed E-state index contributed by atoms with van der Waals surface area (Å²) in [7, 11) is 4.21. The largest absolute Gasteiger partial charge is 0.369 e. The highest BCUT2D eigenvalue weighted by molar-refractivity contribution is 5.43. The van der Waals surface area contributed by atoms with Gasteiger partial charge in [-0.3, -0.25) is 4.98 Å². The Kier molecular flexibility index (Phi) is 7.18. The van der Waals surface area contributed by atoms with Crippen LogP contribution in [0.1, 0.15) is 26.7 Å². The Morgan fingerprint density at radius 2 is 1.95 bits per heavy atom. The lowest BCUT2D eigenvalue weighted by molar-refractivity contribution is 0.400. The first-order chi connectivity index (χ1) is 9.17. The summed E-state index contributed by atoms with van der Waals surface area (Å²) in [4.78, 5) is 13.4. The topological polar surface area (TPSA) is 44.3 Å². The second kappa shape index (κ2) is 8.69. The zero-order valence-electron chi connectivity index (χ0n) is 12.7. The molecule has 1 rings (SSSR count). The zero-order valence-corrected chi connectivity index (χ0v) is 12.7. The minimum absolute atomic E-state index is 0.866. The molecule has 0 aliphatic rings. The average Bonchev–Trinajstić information content (AvgIpc) is 2.41. The number of nitrogens with one attached hydrogen (secondary N) is 1. The fourth-order valence-corrected chi connectivity index (χ4v) is 1.86. The van der Waals surface area contributed by atoms with Crippen LogP contribution in [0.25, 0.3) is 0 Å². The normalized spacial score (nSPS) is 10.8. The molecule has 0 amide bonds. The van der Waals surface area contributed by atoms with E-state index in [0.717, 1.165) is 50.7 Å². The summed E-state index contributed by atoms with van der Waals surface area (Å²) in [5.74, 6) is 1.83. The van der Waals surface area contributed by atoms with Crippen LogP contribution in [0, 0.1) is 0 Å². The van der Waals surface area contributed by atoms with Crippen molar-refractivity contribution in [1.82, 2.24) is 14.9 Å². The average molecular weight is 265 g/mol. The summed E-state index contributed by atoms with van der Waals surface area (Å²) in [6.07, 6.45) is 5.85. The molecule has 19 heavy (non-hydrogen) atoms. The van der Waals surface area contributed by atoms with Crippen molar-refractivity contribution in [2.75, 3.05) is 50.5 Å². The molecule has 108 valence electrons. The maximum absolute atomic E-state index is 4.62. The van der Waals surface area contributed by atoms with E-state index in [2.05, 4.69) is 53.0 Å². The van der Waals surface area contributed by atoms with E-state index in [1.165, 1.54) is 0 Å². The smallest absolute Gasteiger partial charge is 0.149 e. The number of hydrogen-bond donors (Lipinski definition) is 1. The van der Waals surface area contributed by atoms with E-state index in [4.69, 9.17) is 0 Å². The monoisotopic (exact) mass is 265 g/mol. The molecular formula is C14H27N5. The van der Waals surface area contributed by atoms with Gasteiger partial charge in [-0.15, -0.1) is 0 Å². The predicted molar refractivity (Wildman–Crippen MR) is 81.9 cm³/mol. The third-order valence-corrected chi connectivity index (χ3v) is 2.92. The Labute approximate surface area is 117 Å². The minimum atomic E-state index is 0.866. The molecule has 1 heterocycles. The molecule has 0 saturated heterocycles. The van der Waals surface area contributed by atoms with Crippen LogP contribution in [0.15, 0.2) is 12.4 Å². The van der Waals surface area contributed by atoms with Crippen LogP contribution in [-0.4, -0.2) is 55.1 Å². The zero-order chi connectivity index (χ0) is 14.1. The molecule has 0 fully saturated rings. The van der Waals surface area contributed by atoms with E-state index < -0.39 is 0 Å². The highest BCUT2D eigenvalue weighted by Crippen LogP contribution is 2.12. The molecule has 0 aromatic carbocycles. The number of hydrogen-bond acceptors (Lipinski definition) is 5. The van der Waals surface area contributed by atoms with E-state index in [9.17, 15) is 0 Å². The summed E-state index contributed by atoms with van der Waals surface area (Å²) < 4.78 is 0. The van der Waals surface area contributed by atoms with Crippen molar-refractivity contribution in [3.05, 3.63) is 12.4 Å². The minimum Gasteiger partial charge on any atom is -0.369 e. The van der Waals surface area contributed by atoms with Gasteiger partial charge in [-0.2, -0.15) is 0 Å². The van der Waals surface area contributed by atoms with E-state index in [1.54, 1.807) is 6.20 Å². The van der Waals surface area contributed by atoms with Gasteiger partial charge in [-0.05, 0) is 40.4 Å². The molecule has 5 heteroatoms. The van der Waals surface area contributed by atoms with Crippen LogP contribution in [0.2, 0.25) is 0 Å². The third kappa shape index (κ3) is 5.87.